The van der Waals surface area contributed by atoms with E-state index in [-0.39, 0.29) is 11.8 Å². The van der Waals surface area contributed by atoms with Crippen LogP contribution in [0.4, 0.5) is 5.69 Å². The van der Waals surface area contributed by atoms with Gasteiger partial charge in [-0.05, 0) is 48.4 Å². The van der Waals surface area contributed by atoms with E-state index in [0.717, 1.165) is 40.5 Å². The van der Waals surface area contributed by atoms with Gasteiger partial charge in [0.25, 0.3) is 0 Å². The maximum Gasteiger partial charge on any atom is 0.227 e. The predicted molar refractivity (Wildman–Crippen MR) is 134 cm³/mol. The van der Waals surface area contributed by atoms with Crippen LogP contribution >= 0.6 is 0 Å². The Balaban J connectivity index is 1.37. The summed E-state index contributed by atoms with van der Waals surface area (Å²) in [6, 6.07) is 24.0. The third-order valence-corrected chi connectivity index (χ3v) is 6.45. The van der Waals surface area contributed by atoms with Gasteiger partial charge < -0.3 is 18.9 Å². The molecule has 0 spiro atoms. The molecule has 1 aliphatic heterocycles. The second-order valence-corrected chi connectivity index (χ2v) is 8.56. The number of carbonyl (C=O) groups excluding carboxylic acids is 1. The Morgan fingerprint density at radius 1 is 1.00 bits per heavy atom. The zero-order valence-electron chi connectivity index (χ0n) is 19.6. The number of nitrogens with zero attached hydrogens (tertiary/aromatic N) is 3. The number of ether oxygens (including phenoxy) is 2. The summed E-state index contributed by atoms with van der Waals surface area (Å²) in [6.07, 6.45) is 1.44. The van der Waals surface area contributed by atoms with Gasteiger partial charge in [0.1, 0.15) is 23.9 Å². The Morgan fingerprint density at radius 2 is 1.82 bits per heavy atom. The molecular formula is C28H29N3O3. The fourth-order valence-corrected chi connectivity index (χ4v) is 4.63. The number of fused-ring (bicyclic) bond motifs is 1. The lowest BCUT2D eigenvalue weighted by Crippen LogP contribution is -2.24. The van der Waals surface area contributed by atoms with Crippen LogP contribution in [-0.4, -0.2) is 35.7 Å². The summed E-state index contributed by atoms with van der Waals surface area (Å²) in [4.78, 5) is 19.7. The first-order chi connectivity index (χ1) is 16.7. The van der Waals surface area contributed by atoms with Gasteiger partial charge in [-0.25, -0.2) is 4.98 Å². The summed E-state index contributed by atoms with van der Waals surface area (Å²) in [5.41, 5.74) is 4.15. The minimum absolute atomic E-state index is 0.00920. The molecule has 3 aromatic carbocycles. The Hall–Kier alpha value is -3.80. The van der Waals surface area contributed by atoms with Crippen LogP contribution < -0.4 is 14.4 Å². The van der Waals surface area contributed by atoms with E-state index in [4.69, 9.17) is 14.5 Å². The summed E-state index contributed by atoms with van der Waals surface area (Å²) in [7, 11) is 1.64. The van der Waals surface area contributed by atoms with Gasteiger partial charge in [0.15, 0.2) is 0 Å². The maximum absolute atomic E-state index is 13.0. The lowest BCUT2D eigenvalue weighted by Gasteiger charge is -2.18. The van der Waals surface area contributed by atoms with Crippen LogP contribution in [0, 0.1) is 0 Å². The highest BCUT2D eigenvalue weighted by Gasteiger charge is 2.35. The molecule has 6 heteroatoms. The third-order valence-electron chi connectivity index (χ3n) is 6.45. The van der Waals surface area contributed by atoms with E-state index in [1.165, 1.54) is 5.56 Å². The van der Waals surface area contributed by atoms with Crippen molar-refractivity contribution in [2.45, 2.75) is 32.2 Å². The van der Waals surface area contributed by atoms with Gasteiger partial charge in [0.05, 0.1) is 24.7 Å². The van der Waals surface area contributed by atoms with E-state index < -0.39 is 0 Å². The molecule has 1 amide bonds. The van der Waals surface area contributed by atoms with Crippen molar-refractivity contribution < 1.29 is 14.3 Å². The van der Waals surface area contributed by atoms with Gasteiger partial charge in [-0.3, -0.25) is 4.79 Å². The molecule has 4 aromatic rings. The van der Waals surface area contributed by atoms with Gasteiger partial charge in [-0.2, -0.15) is 0 Å². The quantitative estimate of drug-likeness (QED) is 0.366. The molecule has 2 heterocycles. The first-order valence-electron chi connectivity index (χ1n) is 11.8. The number of benzene rings is 3. The second kappa shape index (κ2) is 9.59. The number of anilines is 1. The topological polar surface area (TPSA) is 56.6 Å². The Labute approximate surface area is 199 Å². The molecule has 1 atom stereocenters. The van der Waals surface area contributed by atoms with E-state index in [0.29, 0.717) is 26.1 Å². The fourth-order valence-electron chi connectivity index (χ4n) is 4.63. The molecule has 0 bridgehead atoms. The van der Waals surface area contributed by atoms with E-state index in [1.807, 2.05) is 59.5 Å². The number of rotatable bonds is 8. The number of para-hydroxylation sites is 2. The number of methoxy groups -OCH3 is 1. The number of carbonyl (C=O) groups is 1. The molecular weight excluding hydrogens is 426 g/mol. The Bertz CT molecular complexity index is 1300. The number of hydrogen-bond donors (Lipinski definition) is 0. The van der Waals surface area contributed by atoms with E-state index in [9.17, 15) is 4.79 Å². The Morgan fingerprint density at radius 3 is 2.62 bits per heavy atom. The first-order valence-corrected chi connectivity index (χ1v) is 11.8. The molecule has 1 fully saturated rings. The SMILES string of the molecule is CCc1ccc(OCCn2c(C3CC(=O)N(c4cccc(OC)c4)C3)nc3ccccc32)cc1. The number of hydrogen-bond acceptors (Lipinski definition) is 4. The van der Waals surface area contributed by atoms with Crippen molar-refractivity contribution in [1.82, 2.24) is 9.55 Å². The molecule has 1 saturated heterocycles. The molecule has 0 aliphatic carbocycles. The smallest absolute Gasteiger partial charge is 0.227 e. The minimum atomic E-state index is 0.00920. The van der Waals surface area contributed by atoms with Crippen molar-refractivity contribution in [3.8, 4) is 11.5 Å². The van der Waals surface area contributed by atoms with Gasteiger partial charge in [0, 0.05) is 30.6 Å². The van der Waals surface area contributed by atoms with Crippen LogP contribution in [0.5, 0.6) is 11.5 Å². The highest BCUT2D eigenvalue weighted by atomic mass is 16.5. The average Bonchev–Trinajstić information content (AvgIpc) is 3.45. The van der Waals surface area contributed by atoms with Gasteiger partial charge in [-0.15, -0.1) is 0 Å². The standard InChI is InChI=1S/C28H29N3O3/c1-3-20-11-13-23(14-12-20)34-16-15-30-26-10-5-4-9-25(26)29-28(30)21-17-27(32)31(19-21)22-7-6-8-24(18-22)33-2/h4-14,18,21H,3,15-17,19H2,1-2H3. The van der Waals surface area contributed by atoms with Gasteiger partial charge >= 0.3 is 0 Å². The van der Waals surface area contributed by atoms with Crippen molar-refractivity contribution in [2.24, 2.45) is 0 Å². The molecule has 1 aliphatic rings. The zero-order valence-corrected chi connectivity index (χ0v) is 19.6. The molecule has 0 N–H and O–H groups in total. The van der Waals surface area contributed by atoms with Crippen molar-refractivity contribution in [2.75, 3.05) is 25.2 Å². The van der Waals surface area contributed by atoms with Crippen LogP contribution in [-0.2, 0) is 17.8 Å². The van der Waals surface area contributed by atoms with Crippen LogP contribution in [0.15, 0.2) is 72.8 Å². The van der Waals surface area contributed by atoms with Gasteiger partial charge in [0.2, 0.25) is 5.91 Å². The summed E-state index contributed by atoms with van der Waals surface area (Å²) in [5.74, 6) is 2.65. The summed E-state index contributed by atoms with van der Waals surface area (Å²) in [6.45, 7) is 3.92. The van der Waals surface area contributed by atoms with E-state index in [2.05, 4.69) is 29.7 Å². The van der Waals surface area contributed by atoms with Crippen molar-refractivity contribution >= 4 is 22.6 Å². The minimum Gasteiger partial charge on any atom is -0.497 e. The second-order valence-electron chi connectivity index (χ2n) is 8.56. The average molecular weight is 456 g/mol. The van der Waals surface area contributed by atoms with Gasteiger partial charge in [-0.1, -0.05) is 37.3 Å². The van der Waals surface area contributed by atoms with Crippen molar-refractivity contribution in [3.63, 3.8) is 0 Å². The first kappa shape index (κ1) is 22.0. The summed E-state index contributed by atoms with van der Waals surface area (Å²) < 4.78 is 13.6. The summed E-state index contributed by atoms with van der Waals surface area (Å²) >= 11 is 0. The van der Waals surface area contributed by atoms with Crippen LogP contribution in [0.3, 0.4) is 0 Å². The number of aryl methyl sites for hydroxylation is 1. The molecule has 1 unspecified atom stereocenters. The van der Waals surface area contributed by atoms with E-state index in [1.54, 1.807) is 7.11 Å². The molecule has 0 saturated carbocycles. The highest BCUT2D eigenvalue weighted by molar-refractivity contribution is 5.96. The monoisotopic (exact) mass is 455 g/mol. The fraction of sp³-hybridized carbons (Fsp3) is 0.286. The zero-order chi connectivity index (χ0) is 23.5. The van der Waals surface area contributed by atoms with Crippen LogP contribution in [0.2, 0.25) is 0 Å². The molecule has 1 aromatic heterocycles. The molecule has 174 valence electrons. The number of amides is 1. The molecule has 5 rings (SSSR count). The van der Waals surface area contributed by atoms with Crippen LogP contribution in [0.25, 0.3) is 11.0 Å². The van der Waals surface area contributed by atoms with E-state index >= 15 is 0 Å². The molecule has 34 heavy (non-hydrogen) atoms. The van der Waals surface area contributed by atoms with Crippen molar-refractivity contribution in [3.05, 3.63) is 84.2 Å². The highest BCUT2D eigenvalue weighted by Crippen LogP contribution is 2.34. The lowest BCUT2D eigenvalue weighted by molar-refractivity contribution is -0.117. The maximum atomic E-state index is 13.0. The lowest BCUT2D eigenvalue weighted by atomic mass is 10.1. The third kappa shape index (κ3) is 4.36. The van der Waals surface area contributed by atoms with Crippen molar-refractivity contribution in [1.29, 1.82) is 0 Å². The normalized spacial score (nSPS) is 15.8. The molecule has 0 radical (unpaired) electrons. The van der Waals surface area contributed by atoms with Crippen LogP contribution in [0.1, 0.15) is 30.7 Å². The Kier molecular flexibility index (Phi) is 6.21. The predicted octanol–water partition coefficient (Wildman–Crippen LogP) is 5.21. The summed E-state index contributed by atoms with van der Waals surface area (Å²) in [5, 5.41) is 0. The number of aromatic nitrogens is 2. The largest absolute Gasteiger partial charge is 0.497 e. The molecule has 6 nitrogen and oxygen atoms in total. The number of imidazole rings is 1.